The topological polar surface area (TPSA) is 26.5 Å². The van der Waals surface area contributed by atoms with Gasteiger partial charge >= 0.3 is 0 Å². The quantitative estimate of drug-likeness (QED) is 0.710. The normalized spacial score (nSPS) is 11.4. The van der Waals surface area contributed by atoms with Gasteiger partial charge < -0.3 is 9.14 Å². The van der Waals surface area contributed by atoms with Gasteiger partial charge in [-0.1, -0.05) is 12.1 Å². The zero-order chi connectivity index (χ0) is 16.6. The Kier molecular flexibility index (Phi) is 4.07. The zero-order valence-electron chi connectivity index (χ0n) is 13.9. The van der Waals surface area contributed by atoms with Crippen LogP contribution in [0.1, 0.15) is 36.4 Å². The van der Waals surface area contributed by atoms with Gasteiger partial charge in [0.1, 0.15) is 11.3 Å². The summed E-state index contributed by atoms with van der Waals surface area (Å²) < 4.78 is 21.1. The van der Waals surface area contributed by atoms with E-state index in [9.17, 15) is 4.39 Å². The van der Waals surface area contributed by atoms with Gasteiger partial charge in [-0.05, 0) is 57.0 Å². The number of hydrogen-bond acceptors (Lipinski definition) is 2. The lowest BCUT2D eigenvalue weighted by Gasteiger charge is -2.15. The van der Waals surface area contributed by atoms with E-state index in [0.717, 1.165) is 28.0 Å². The van der Waals surface area contributed by atoms with Crippen LogP contribution in [0.5, 0.6) is 5.88 Å². The van der Waals surface area contributed by atoms with Crippen LogP contribution in [0.25, 0.3) is 5.52 Å². The van der Waals surface area contributed by atoms with Crippen molar-refractivity contribution in [3.63, 3.8) is 0 Å². The largest absolute Gasteiger partial charge is 0.473 e. The molecule has 3 nitrogen and oxygen atoms in total. The number of benzene rings is 1. The minimum absolute atomic E-state index is 0.0730. The molecule has 0 aliphatic rings. The van der Waals surface area contributed by atoms with Gasteiger partial charge in [-0.2, -0.15) is 0 Å². The summed E-state index contributed by atoms with van der Waals surface area (Å²) in [7, 11) is 0. The smallest absolute Gasteiger partial charge is 0.238 e. The number of aryl methyl sites for hydroxylation is 2. The Labute approximate surface area is 135 Å². The van der Waals surface area contributed by atoms with Crippen molar-refractivity contribution < 1.29 is 9.13 Å². The lowest BCUT2D eigenvalue weighted by molar-refractivity contribution is 0.234. The Balaban J connectivity index is 2.09. The first-order valence-electron chi connectivity index (χ1n) is 7.83. The summed E-state index contributed by atoms with van der Waals surface area (Å²) in [5.41, 5.74) is 5.20. The van der Waals surface area contributed by atoms with Crippen molar-refractivity contribution in [2.45, 2.75) is 40.2 Å². The Morgan fingerprint density at radius 2 is 1.87 bits per heavy atom. The molecule has 3 aromatic rings. The highest BCUT2D eigenvalue weighted by molar-refractivity contribution is 5.60. The molecule has 2 aromatic heterocycles. The van der Waals surface area contributed by atoms with Crippen molar-refractivity contribution in [1.82, 2.24) is 9.38 Å². The van der Waals surface area contributed by atoms with Crippen LogP contribution in [0.2, 0.25) is 0 Å². The van der Waals surface area contributed by atoms with Crippen LogP contribution in [-0.2, 0) is 6.42 Å². The van der Waals surface area contributed by atoms with Gasteiger partial charge in [0.05, 0.1) is 11.8 Å². The second-order valence-electron chi connectivity index (χ2n) is 6.19. The first-order valence-corrected chi connectivity index (χ1v) is 7.83. The average Bonchev–Trinajstić information content (AvgIpc) is 2.86. The Morgan fingerprint density at radius 3 is 2.52 bits per heavy atom. The van der Waals surface area contributed by atoms with Gasteiger partial charge in [-0.15, -0.1) is 0 Å². The fraction of sp³-hybridized carbons (Fsp3) is 0.316. The fourth-order valence-corrected chi connectivity index (χ4v) is 2.75. The van der Waals surface area contributed by atoms with E-state index in [1.54, 1.807) is 0 Å². The van der Waals surface area contributed by atoms with E-state index in [1.165, 1.54) is 12.1 Å². The minimum atomic E-state index is -0.216. The molecule has 2 heterocycles. The predicted octanol–water partition coefficient (Wildman–Crippen LogP) is 4.47. The van der Waals surface area contributed by atoms with Gasteiger partial charge in [0, 0.05) is 18.3 Å². The Hall–Kier alpha value is -2.36. The molecule has 0 spiro atoms. The van der Waals surface area contributed by atoms with Crippen molar-refractivity contribution in [3.8, 4) is 5.88 Å². The molecule has 0 aliphatic heterocycles. The molecule has 4 heteroatoms. The number of rotatable bonds is 4. The lowest BCUT2D eigenvalue weighted by Crippen LogP contribution is -2.11. The summed E-state index contributed by atoms with van der Waals surface area (Å²) in [6.07, 6.45) is 2.87. The third-order valence-electron chi connectivity index (χ3n) is 3.79. The predicted molar refractivity (Wildman–Crippen MR) is 89.6 cm³/mol. The monoisotopic (exact) mass is 312 g/mol. The van der Waals surface area contributed by atoms with Crippen molar-refractivity contribution in [1.29, 1.82) is 0 Å². The molecule has 0 saturated heterocycles. The molecule has 0 fully saturated rings. The van der Waals surface area contributed by atoms with Gasteiger partial charge in [0.2, 0.25) is 5.88 Å². The zero-order valence-corrected chi connectivity index (χ0v) is 13.9. The molecule has 0 aliphatic carbocycles. The molecule has 23 heavy (non-hydrogen) atoms. The maximum Gasteiger partial charge on any atom is 0.238 e. The molecule has 1 aromatic carbocycles. The number of nitrogens with zero attached hydrogens (tertiary/aromatic N) is 2. The molecule has 0 saturated carbocycles. The summed E-state index contributed by atoms with van der Waals surface area (Å²) in [5.74, 6) is 0.444. The van der Waals surface area contributed by atoms with Crippen LogP contribution < -0.4 is 4.74 Å². The number of fused-ring (bicyclic) bond motifs is 1. The van der Waals surface area contributed by atoms with E-state index in [2.05, 4.69) is 28.6 Å². The second kappa shape index (κ2) is 6.03. The SMILES string of the molecule is Cc1cc2c(OC(C)C)nc(C)c(Cc3ccc(F)cc3)n2c1. The van der Waals surface area contributed by atoms with Crippen LogP contribution >= 0.6 is 0 Å². The van der Waals surface area contributed by atoms with Gasteiger partial charge in [-0.25, -0.2) is 9.37 Å². The lowest BCUT2D eigenvalue weighted by atomic mass is 10.1. The van der Waals surface area contributed by atoms with E-state index < -0.39 is 0 Å². The molecular weight excluding hydrogens is 291 g/mol. The van der Waals surface area contributed by atoms with E-state index in [0.29, 0.717) is 12.3 Å². The molecule has 0 radical (unpaired) electrons. The molecule has 0 N–H and O–H groups in total. The van der Waals surface area contributed by atoms with Crippen molar-refractivity contribution in [2.24, 2.45) is 0 Å². The van der Waals surface area contributed by atoms with Crippen LogP contribution in [0.15, 0.2) is 36.5 Å². The highest BCUT2D eigenvalue weighted by atomic mass is 19.1. The Morgan fingerprint density at radius 1 is 1.17 bits per heavy atom. The molecule has 0 bridgehead atoms. The maximum absolute atomic E-state index is 13.1. The number of ether oxygens (including phenoxy) is 1. The van der Waals surface area contributed by atoms with Crippen LogP contribution in [0.4, 0.5) is 4.39 Å². The molecule has 3 rings (SSSR count). The summed E-state index contributed by atoms with van der Waals surface area (Å²) >= 11 is 0. The van der Waals surface area contributed by atoms with Gasteiger partial charge in [0.25, 0.3) is 0 Å². The number of aromatic nitrogens is 2. The van der Waals surface area contributed by atoms with Gasteiger partial charge in [0.15, 0.2) is 0 Å². The standard InChI is InChI=1S/C19H21FN2O/c1-12(2)23-19-18-9-13(3)11-22(18)17(14(4)21-19)10-15-5-7-16(20)8-6-15/h5-9,11-12H,10H2,1-4H3. The molecule has 0 amide bonds. The average molecular weight is 312 g/mol. The molecule has 0 unspecified atom stereocenters. The minimum Gasteiger partial charge on any atom is -0.473 e. The fourth-order valence-electron chi connectivity index (χ4n) is 2.75. The summed E-state index contributed by atoms with van der Waals surface area (Å²) in [6.45, 7) is 8.04. The highest BCUT2D eigenvalue weighted by Crippen LogP contribution is 2.26. The van der Waals surface area contributed by atoms with Gasteiger partial charge in [-0.3, -0.25) is 0 Å². The number of halogens is 1. The van der Waals surface area contributed by atoms with Crippen LogP contribution in [-0.4, -0.2) is 15.5 Å². The molecule has 0 atom stereocenters. The van der Waals surface area contributed by atoms with Crippen molar-refractivity contribution >= 4 is 5.52 Å². The van der Waals surface area contributed by atoms with E-state index >= 15 is 0 Å². The third-order valence-corrected chi connectivity index (χ3v) is 3.79. The molecular formula is C19H21FN2O. The number of hydrogen-bond donors (Lipinski definition) is 0. The molecule has 120 valence electrons. The maximum atomic E-state index is 13.1. The van der Waals surface area contributed by atoms with E-state index in [4.69, 9.17) is 4.74 Å². The van der Waals surface area contributed by atoms with Crippen LogP contribution in [0, 0.1) is 19.7 Å². The van der Waals surface area contributed by atoms with E-state index in [1.807, 2.05) is 32.9 Å². The van der Waals surface area contributed by atoms with Crippen molar-refractivity contribution in [3.05, 3.63) is 64.9 Å². The first-order chi connectivity index (χ1) is 10.9. The van der Waals surface area contributed by atoms with E-state index in [-0.39, 0.29) is 11.9 Å². The van der Waals surface area contributed by atoms with Crippen molar-refractivity contribution in [2.75, 3.05) is 0 Å². The van der Waals surface area contributed by atoms with Crippen LogP contribution in [0.3, 0.4) is 0 Å². The summed E-state index contributed by atoms with van der Waals surface area (Å²) in [6, 6.07) is 8.70. The first kappa shape index (κ1) is 15.5. The Bertz CT molecular complexity index is 835. The third kappa shape index (κ3) is 3.21. The highest BCUT2D eigenvalue weighted by Gasteiger charge is 2.14. The summed E-state index contributed by atoms with van der Waals surface area (Å²) in [4.78, 5) is 4.65. The summed E-state index contributed by atoms with van der Waals surface area (Å²) in [5, 5.41) is 0. The second-order valence-corrected chi connectivity index (χ2v) is 6.19.